The van der Waals surface area contributed by atoms with Gasteiger partial charge in [-0.05, 0) is 46.4 Å². The number of hydrogen-bond donors (Lipinski definition) is 2. The lowest BCUT2D eigenvalue weighted by Crippen LogP contribution is -2.05. The zero-order valence-electron chi connectivity index (χ0n) is 10.3. The first-order valence-corrected chi connectivity index (χ1v) is 7.12. The van der Waals surface area contributed by atoms with Crippen LogP contribution in [0.15, 0.2) is 36.4 Å². The monoisotopic (exact) mass is 403 g/mol. The van der Waals surface area contributed by atoms with Crippen LogP contribution in [0.1, 0.15) is 15.9 Å². The molecule has 0 aromatic heterocycles. The molecule has 0 saturated carbocycles. The first-order chi connectivity index (χ1) is 9.47. The van der Waals surface area contributed by atoms with Gasteiger partial charge in [-0.25, -0.2) is 4.79 Å². The van der Waals surface area contributed by atoms with Crippen LogP contribution < -0.4 is 10.5 Å². The summed E-state index contributed by atoms with van der Waals surface area (Å²) in [6, 6.07) is 10.5. The van der Waals surface area contributed by atoms with Gasteiger partial charge in [0.15, 0.2) is 0 Å². The fourth-order valence-corrected chi connectivity index (χ4v) is 2.41. The summed E-state index contributed by atoms with van der Waals surface area (Å²) < 4.78 is 6.63. The molecule has 4 nitrogen and oxygen atoms in total. The molecule has 0 fully saturated rings. The van der Waals surface area contributed by atoms with E-state index in [4.69, 9.17) is 27.2 Å². The minimum atomic E-state index is -1.11. The van der Waals surface area contributed by atoms with Crippen LogP contribution in [0.25, 0.3) is 0 Å². The van der Waals surface area contributed by atoms with Crippen molar-refractivity contribution in [3.8, 4) is 5.75 Å². The van der Waals surface area contributed by atoms with Crippen molar-refractivity contribution in [2.75, 3.05) is 5.73 Å². The molecule has 0 saturated heterocycles. The van der Waals surface area contributed by atoms with Crippen molar-refractivity contribution in [1.82, 2.24) is 0 Å². The molecule has 0 atom stereocenters. The van der Waals surface area contributed by atoms with Crippen molar-refractivity contribution < 1.29 is 14.6 Å². The number of rotatable bonds is 4. The van der Waals surface area contributed by atoms with E-state index in [1.807, 2.05) is 24.3 Å². The molecule has 2 aromatic rings. The Labute approximate surface area is 134 Å². The van der Waals surface area contributed by atoms with Gasteiger partial charge in [0.2, 0.25) is 0 Å². The Morgan fingerprint density at radius 2 is 2.10 bits per heavy atom. The van der Waals surface area contributed by atoms with Gasteiger partial charge in [-0.3, -0.25) is 0 Å². The molecule has 0 bridgehead atoms. The third-order valence-corrected chi connectivity index (χ3v) is 3.61. The largest absolute Gasteiger partial charge is 0.488 e. The average Bonchev–Trinajstić information content (AvgIpc) is 2.39. The maximum absolute atomic E-state index is 11.2. The SMILES string of the molecule is Nc1cc(OCc2cccc(I)c2)c(C(=O)O)cc1Cl. The van der Waals surface area contributed by atoms with E-state index < -0.39 is 5.97 Å². The normalized spacial score (nSPS) is 10.3. The second-order valence-electron chi connectivity index (χ2n) is 4.09. The summed E-state index contributed by atoms with van der Waals surface area (Å²) >= 11 is 8.02. The standard InChI is InChI=1S/C14H11ClINO3/c15-11-5-10(14(18)19)13(6-12(11)17)20-7-8-2-1-3-9(16)4-8/h1-6H,7,17H2,(H,18,19). The van der Waals surface area contributed by atoms with E-state index in [2.05, 4.69) is 22.6 Å². The minimum Gasteiger partial charge on any atom is -0.488 e. The molecule has 3 N–H and O–H groups in total. The number of anilines is 1. The van der Waals surface area contributed by atoms with E-state index in [0.717, 1.165) is 9.13 Å². The highest BCUT2D eigenvalue weighted by Crippen LogP contribution is 2.29. The summed E-state index contributed by atoms with van der Waals surface area (Å²) in [5, 5.41) is 9.34. The van der Waals surface area contributed by atoms with Crippen molar-refractivity contribution in [2.24, 2.45) is 0 Å². The predicted molar refractivity (Wildman–Crippen MR) is 86.3 cm³/mol. The van der Waals surface area contributed by atoms with Crippen molar-refractivity contribution in [2.45, 2.75) is 6.61 Å². The van der Waals surface area contributed by atoms with Crippen LogP contribution in [0.3, 0.4) is 0 Å². The predicted octanol–water partition coefficient (Wildman–Crippen LogP) is 3.80. The van der Waals surface area contributed by atoms with Crippen LogP contribution in [0, 0.1) is 3.57 Å². The van der Waals surface area contributed by atoms with E-state index in [0.29, 0.717) is 0 Å². The van der Waals surface area contributed by atoms with Gasteiger partial charge in [-0.15, -0.1) is 0 Å². The Morgan fingerprint density at radius 3 is 2.75 bits per heavy atom. The quantitative estimate of drug-likeness (QED) is 0.601. The summed E-state index contributed by atoms with van der Waals surface area (Å²) in [7, 11) is 0. The van der Waals surface area contributed by atoms with Crippen LogP contribution in [0.2, 0.25) is 5.02 Å². The highest BCUT2D eigenvalue weighted by Gasteiger charge is 2.14. The lowest BCUT2D eigenvalue weighted by Gasteiger charge is -2.11. The third kappa shape index (κ3) is 3.55. The van der Waals surface area contributed by atoms with Gasteiger partial charge in [-0.2, -0.15) is 0 Å². The molecule has 2 aromatic carbocycles. The molecule has 20 heavy (non-hydrogen) atoms. The zero-order chi connectivity index (χ0) is 14.7. The number of carboxylic acids is 1. The molecule has 2 rings (SSSR count). The van der Waals surface area contributed by atoms with Crippen molar-refractivity contribution >= 4 is 45.8 Å². The molecule has 0 spiro atoms. The Balaban J connectivity index is 2.24. The Hall–Kier alpha value is -1.47. The number of benzene rings is 2. The second-order valence-corrected chi connectivity index (χ2v) is 5.75. The van der Waals surface area contributed by atoms with Crippen LogP contribution >= 0.6 is 34.2 Å². The number of carbonyl (C=O) groups is 1. The molecule has 0 radical (unpaired) electrons. The van der Waals surface area contributed by atoms with E-state index in [9.17, 15) is 4.79 Å². The van der Waals surface area contributed by atoms with Crippen molar-refractivity contribution in [1.29, 1.82) is 0 Å². The van der Waals surface area contributed by atoms with E-state index >= 15 is 0 Å². The first-order valence-electron chi connectivity index (χ1n) is 5.67. The summed E-state index contributed by atoms with van der Waals surface area (Å²) in [5.41, 5.74) is 6.90. The Kier molecular flexibility index (Phi) is 4.72. The summed E-state index contributed by atoms with van der Waals surface area (Å²) in [6.45, 7) is 0.262. The number of nitrogens with two attached hydrogens (primary N) is 1. The number of nitrogen functional groups attached to an aromatic ring is 1. The van der Waals surface area contributed by atoms with E-state index in [1.54, 1.807) is 0 Å². The number of ether oxygens (including phenoxy) is 1. The smallest absolute Gasteiger partial charge is 0.339 e. The van der Waals surface area contributed by atoms with Gasteiger partial charge in [0.25, 0.3) is 0 Å². The van der Waals surface area contributed by atoms with Crippen LogP contribution in [-0.4, -0.2) is 11.1 Å². The first kappa shape index (κ1) is 14.9. The molecule has 0 aliphatic heterocycles. The lowest BCUT2D eigenvalue weighted by atomic mass is 10.2. The maximum atomic E-state index is 11.2. The van der Waals surface area contributed by atoms with Gasteiger partial charge in [0.1, 0.15) is 17.9 Å². The topological polar surface area (TPSA) is 72.5 Å². The highest BCUT2D eigenvalue weighted by atomic mass is 127. The van der Waals surface area contributed by atoms with Gasteiger partial charge in [-0.1, -0.05) is 23.7 Å². The van der Waals surface area contributed by atoms with Gasteiger partial charge >= 0.3 is 5.97 Å². The molecule has 6 heteroatoms. The number of carboxylic acid groups (broad SMARTS) is 1. The van der Waals surface area contributed by atoms with Gasteiger partial charge in [0.05, 0.1) is 10.7 Å². The van der Waals surface area contributed by atoms with E-state index in [-0.39, 0.29) is 28.6 Å². The fraction of sp³-hybridized carbons (Fsp3) is 0.0714. The number of aromatic carboxylic acids is 1. The highest BCUT2D eigenvalue weighted by molar-refractivity contribution is 14.1. The Morgan fingerprint density at radius 1 is 1.35 bits per heavy atom. The molecule has 0 unspecified atom stereocenters. The maximum Gasteiger partial charge on any atom is 0.339 e. The molecule has 104 valence electrons. The number of halogens is 2. The molecule has 0 aliphatic rings. The van der Waals surface area contributed by atoms with Crippen LogP contribution in [0.4, 0.5) is 5.69 Å². The summed E-state index contributed by atoms with van der Waals surface area (Å²) in [5.74, 6) is -0.900. The van der Waals surface area contributed by atoms with Crippen molar-refractivity contribution in [3.63, 3.8) is 0 Å². The van der Waals surface area contributed by atoms with Crippen LogP contribution in [-0.2, 0) is 6.61 Å². The third-order valence-electron chi connectivity index (χ3n) is 2.61. The molecule has 0 aliphatic carbocycles. The van der Waals surface area contributed by atoms with Gasteiger partial charge in [0, 0.05) is 9.64 Å². The zero-order valence-corrected chi connectivity index (χ0v) is 13.2. The second kappa shape index (κ2) is 6.32. The van der Waals surface area contributed by atoms with Gasteiger partial charge < -0.3 is 15.6 Å². The molecular weight excluding hydrogens is 393 g/mol. The minimum absolute atomic E-state index is 0.00479. The summed E-state index contributed by atoms with van der Waals surface area (Å²) in [4.78, 5) is 11.2. The average molecular weight is 404 g/mol. The van der Waals surface area contributed by atoms with Crippen molar-refractivity contribution in [3.05, 3.63) is 56.1 Å². The fourth-order valence-electron chi connectivity index (χ4n) is 1.64. The lowest BCUT2D eigenvalue weighted by molar-refractivity contribution is 0.0692. The molecular formula is C14H11ClINO3. The van der Waals surface area contributed by atoms with Crippen LogP contribution in [0.5, 0.6) is 5.75 Å². The van der Waals surface area contributed by atoms with E-state index in [1.165, 1.54) is 12.1 Å². The Bertz CT molecular complexity index is 661. The number of hydrogen-bond acceptors (Lipinski definition) is 3. The molecule has 0 amide bonds. The summed E-state index contributed by atoms with van der Waals surface area (Å²) in [6.07, 6.45) is 0. The molecule has 0 heterocycles.